The number of nitrogens with one attached hydrogen (secondary N) is 1. The molecule has 0 aromatic carbocycles. The summed E-state index contributed by atoms with van der Waals surface area (Å²) in [5.41, 5.74) is 1.50. The highest BCUT2D eigenvalue weighted by Gasteiger charge is 2.10. The Morgan fingerprint density at radius 2 is 1.93 bits per heavy atom. The van der Waals surface area contributed by atoms with Gasteiger partial charge in [-0.2, -0.15) is 0 Å². The number of hydrogen-bond acceptors (Lipinski definition) is 4. The minimum absolute atomic E-state index is 0.288. The van der Waals surface area contributed by atoms with Crippen LogP contribution in [-0.2, 0) is 0 Å². The molecule has 1 aromatic rings. The van der Waals surface area contributed by atoms with E-state index in [0.29, 0.717) is 0 Å². The molecule has 76 valence electrons. The molecule has 0 fully saturated rings. The predicted molar refractivity (Wildman–Crippen MR) is 56.1 cm³/mol. The molecule has 0 spiro atoms. The van der Waals surface area contributed by atoms with E-state index in [1.807, 2.05) is 6.92 Å². The van der Waals surface area contributed by atoms with E-state index in [-0.39, 0.29) is 11.7 Å². The molecule has 1 aromatic heterocycles. The lowest BCUT2D eigenvalue weighted by atomic mass is 10.3. The maximum absolute atomic E-state index is 10.7. The number of thiol groups is 1. The van der Waals surface area contributed by atoms with Crippen molar-refractivity contribution in [1.82, 2.24) is 9.97 Å². The van der Waals surface area contributed by atoms with Crippen LogP contribution in [0.1, 0.15) is 11.4 Å². The lowest BCUT2D eigenvalue weighted by molar-refractivity contribution is 0.270. The van der Waals surface area contributed by atoms with Gasteiger partial charge in [0.15, 0.2) is 5.82 Å². The molecule has 5 nitrogen and oxygen atoms in total. The summed E-state index contributed by atoms with van der Waals surface area (Å²) in [6.07, 6.45) is 0. The van der Waals surface area contributed by atoms with Gasteiger partial charge in [-0.25, -0.2) is 9.97 Å². The minimum atomic E-state index is -0.499. The number of ether oxygens (including phenoxy) is 1. The van der Waals surface area contributed by atoms with Crippen LogP contribution in [0.3, 0.4) is 0 Å². The Hall–Kier alpha value is -1.30. The zero-order valence-corrected chi connectivity index (χ0v) is 9.05. The fourth-order valence-corrected chi connectivity index (χ4v) is 1.01. The van der Waals surface area contributed by atoms with Crippen molar-refractivity contribution in [3.8, 4) is 5.88 Å². The lowest BCUT2D eigenvalue weighted by Gasteiger charge is -2.08. The van der Waals surface area contributed by atoms with Gasteiger partial charge < -0.3 is 4.74 Å². The van der Waals surface area contributed by atoms with Crippen LogP contribution in [-0.4, -0.2) is 22.3 Å². The summed E-state index contributed by atoms with van der Waals surface area (Å²) in [4.78, 5) is 18.9. The smallest absolute Gasteiger partial charge is 0.281 e. The van der Waals surface area contributed by atoms with Gasteiger partial charge in [0, 0.05) is 0 Å². The number of hydrogen-bond donors (Lipinski definition) is 2. The number of carbonyl (C=O) groups excluding carboxylic acids is 1. The molecule has 1 amide bonds. The Kier molecular flexibility index (Phi) is 3.29. The topological polar surface area (TPSA) is 64.1 Å². The number of aryl methyl sites for hydroxylation is 2. The summed E-state index contributed by atoms with van der Waals surface area (Å²) in [6.45, 7) is 3.62. The third-order valence-electron chi connectivity index (χ3n) is 1.69. The maximum Gasteiger partial charge on any atom is 0.281 e. The van der Waals surface area contributed by atoms with Gasteiger partial charge in [0.2, 0.25) is 0 Å². The Labute approximate surface area is 87.3 Å². The highest BCUT2D eigenvalue weighted by molar-refractivity contribution is 7.96. The van der Waals surface area contributed by atoms with Gasteiger partial charge in [-0.15, -0.1) is 0 Å². The first-order valence-corrected chi connectivity index (χ1v) is 4.38. The van der Waals surface area contributed by atoms with Crippen LogP contribution in [0.25, 0.3) is 0 Å². The van der Waals surface area contributed by atoms with Crippen molar-refractivity contribution >= 4 is 23.7 Å². The third kappa shape index (κ3) is 2.35. The van der Waals surface area contributed by atoms with E-state index in [1.54, 1.807) is 6.92 Å². The first-order valence-electron chi connectivity index (χ1n) is 3.93. The highest BCUT2D eigenvalue weighted by atomic mass is 32.1. The van der Waals surface area contributed by atoms with E-state index in [4.69, 9.17) is 4.74 Å². The Morgan fingerprint density at radius 1 is 1.36 bits per heavy atom. The van der Waals surface area contributed by atoms with Crippen LogP contribution < -0.4 is 10.1 Å². The molecule has 1 rings (SSSR count). The van der Waals surface area contributed by atoms with E-state index < -0.39 is 5.24 Å². The standard InChI is InChI=1S/C8H11N3O2S/c1-4-5(2)10-7(13-3)6(9-4)11-8(12)14/h1-3H3,(H2,9,11,12,14). The zero-order valence-electron chi connectivity index (χ0n) is 8.16. The molecule has 6 heteroatoms. The van der Waals surface area contributed by atoms with Crippen molar-refractivity contribution in [2.75, 3.05) is 12.4 Å². The molecule has 1 N–H and O–H groups in total. The van der Waals surface area contributed by atoms with E-state index in [2.05, 4.69) is 27.9 Å². The fourth-order valence-electron chi connectivity index (χ4n) is 0.908. The summed E-state index contributed by atoms with van der Waals surface area (Å²) in [5.74, 6) is 0.575. The van der Waals surface area contributed by atoms with E-state index in [9.17, 15) is 4.79 Å². The van der Waals surface area contributed by atoms with E-state index in [1.165, 1.54) is 7.11 Å². The normalized spacial score (nSPS) is 9.71. The molecule has 0 saturated carbocycles. The number of methoxy groups -OCH3 is 1. The van der Waals surface area contributed by atoms with Crippen LogP contribution in [0.5, 0.6) is 5.88 Å². The molecule has 0 atom stereocenters. The van der Waals surface area contributed by atoms with Gasteiger partial charge in [-0.3, -0.25) is 10.1 Å². The number of anilines is 1. The summed E-state index contributed by atoms with van der Waals surface area (Å²) in [7, 11) is 1.47. The summed E-state index contributed by atoms with van der Waals surface area (Å²) in [5, 5.41) is 1.92. The van der Waals surface area contributed by atoms with Gasteiger partial charge in [0.25, 0.3) is 11.1 Å². The summed E-state index contributed by atoms with van der Waals surface area (Å²) in [6, 6.07) is 0. The lowest BCUT2D eigenvalue weighted by Crippen LogP contribution is -2.08. The number of nitrogens with zero attached hydrogens (tertiary/aromatic N) is 2. The second-order valence-electron chi connectivity index (χ2n) is 2.68. The molecule has 0 aliphatic heterocycles. The van der Waals surface area contributed by atoms with Crippen molar-refractivity contribution in [2.45, 2.75) is 13.8 Å². The molecule has 14 heavy (non-hydrogen) atoms. The Morgan fingerprint density at radius 3 is 2.43 bits per heavy atom. The molecule has 0 aliphatic carbocycles. The first-order chi connectivity index (χ1) is 6.54. The van der Waals surface area contributed by atoms with E-state index in [0.717, 1.165) is 11.4 Å². The van der Waals surface area contributed by atoms with Gasteiger partial charge in [0.05, 0.1) is 18.5 Å². The van der Waals surface area contributed by atoms with Crippen molar-refractivity contribution in [3.63, 3.8) is 0 Å². The Balaban J connectivity index is 3.13. The number of carbonyl (C=O) groups is 1. The van der Waals surface area contributed by atoms with E-state index >= 15 is 0 Å². The molecular formula is C8H11N3O2S. The monoisotopic (exact) mass is 213 g/mol. The average Bonchev–Trinajstić information content (AvgIpc) is 2.10. The van der Waals surface area contributed by atoms with Gasteiger partial charge >= 0.3 is 0 Å². The molecular weight excluding hydrogens is 202 g/mol. The van der Waals surface area contributed by atoms with Gasteiger partial charge in [-0.05, 0) is 13.8 Å². The fraction of sp³-hybridized carbons (Fsp3) is 0.375. The number of rotatable bonds is 2. The molecule has 0 bridgehead atoms. The molecule has 1 heterocycles. The molecule has 0 unspecified atom stereocenters. The highest BCUT2D eigenvalue weighted by Crippen LogP contribution is 2.20. The van der Waals surface area contributed by atoms with Crippen LogP contribution in [0.2, 0.25) is 0 Å². The summed E-state index contributed by atoms with van der Waals surface area (Å²) >= 11 is 3.58. The number of aromatic nitrogens is 2. The van der Waals surface area contributed by atoms with Gasteiger partial charge in [0.1, 0.15) is 0 Å². The van der Waals surface area contributed by atoms with Crippen LogP contribution in [0.15, 0.2) is 0 Å². The average molecular weight is 213 g/mol. The van der Waals surface area contributed by atoms with Gasteiger partial charge in [-0.1, -0.05) is 12.6 Å². The largest absolute Gasteiger partial charge is 0.478 e. The summed E-state index contributed by atoms with van der Waals surface area (Å²) < 4.78 is 4.96. The molecule has 0 aliphatic rings. The third-order valence-corrected chi connectivity index (χ3v) is 1.81. The van der Waals surface area contributed by atoms with Crippen molar-refractivity contribution < 1.29 is 9.53 Å². The van der Waals surface area contributed by atoms with Crippen LogP contribution in [0, 0.1) is 13.8 Å². The van der Waals surface area contributed by atoms with Crippen LogP contribution >= 0.6 is 12.6 Å². The minimum Gasteiger partial charge on any atom is -0.478 e. The predicted octanol–water partition coefficient (Wildman–Crippen LogP) is 1.56. The second kappa shape index (κ2) is 4.28. The quantitative estimate of drug-likeness (QED) is 0.732. The van der Waals surface area contributed by atoms with Crippen molar-refractivity contribution in [1.29, 1.82) is 0 Å². The maximum atomic E-state index is 10.7. The van der Waals surface area contributed by atoms with Crippen LogP contribution in [0.4, 0.5) is 10.6 Å². The molecule has 0 radical (unpaired) electrons. The van der Waals surface area contributed by atoms with Crippen molar-refractivity contribution in [2.24, 2.45) is 0 Å². The second-order valence-corrected chi connectivity index (χ2v) is 3.09. The zero-order chi connectivity index (χ0) is 10.7. The SMILES string of the molecule is COc1nc(C)c(C)nc1NC(=O)S. The first kappa shape index (κ1) is 10.8. The number of amides is 1. The Bertz CT molecular complexity index is 368. The van der Waals surface area contributed by atoms with Crippen molar-refractivity contribution in [3.05, 3.63) is 11.4 Å². The molecule has 0 saturated heterocycles.